The molecule has 1 saturated heterocycles. The molecular formula is C21H25FN2O11. The average molecular weight is 500 g/mol. The molecule has 0 aliphatic carbocycles. The summed E-state index contributed by atoms with van der Waals surface area (Å²) in [4.78, 5) is 37.9. The molecule has 14 heteroatoms. The quantitative estimate of drug-likeness (QED) is 0.301. The molecule has 1 aliphatic heterocycles. The molecule has 0 spiro atoms. The molecular weight excluding hydrogens is 475 g/mol. The minimum absolute atomic E-state index is 0.0119. The normalized spacial score (nSPS) is 21.6. The van der Waals surface area contributed by atoms with E-state index in [9.17, 15) is 34.1 Å². The Kier molecular flexibility index (Phi) is 8.11. The topological polar surface area (TPSA) is 179 Å². The van der Waals surface area contributed by atoms with Gasteiger partial charge in [-0.25, -0.2) is 9.59 Å². The molecule has 2 heterocycles. The molecule has 192 valence electrons. The van der Waals surface area contributed by atoms with Crippen LogP contribution in [0.2, 0.25) is 0 Å². The van der Waals surface area contributed by atoms with Crippen molar-refractivity contribution in [1.82, 2.24) is 9.55 Å². The summed E-state index contributed by atoms with van der Waals surface area (Å²) in [6.45, 7) is -0.891. The van der Waals surface area contributed by atoms with Crippen molar-refractivity contribution in [2.45, 2.75) is 31.0 Å². The summed E-state index contributed by atoms with van der Waals surface area (Å²) in [5.74, 6) is -1.68. The highest BCUT2D eigenvalue weighted by Gasteiger charge is 2.45. The molecule has 1 fully saturated rings. The van der Waals surface area contributed by atoms with Crippen molar-refractivity contribution in [2.75, 3.05) is 34.5 Å². The maximum absolute atomic E-state index is 13.6. The third-order valence-electron chi connectivity index (χ3n) is 5.43. The molecule has 0 bridgehead atoms. The van der Waals surface area contributed by atoms with Gasteiger partial charge in [0.25, 0.3) is 5.56 Å². The number of H-pyrrole nitrogens is 1. The van der Waals surface area contributed by atoms with Gasteiger partial charge in [-0.15, -0.1) is 0 Å². The fourth-order valence-electron chi connectivity index (χ4n) is 3.74. The number of benzene rings is 1. The number of aromatic amines is 1. The van der Waals surface area contributed by atoms with Crippen molar-refractivity contribution in [2.24, 2.45) is 0 Å². The highest BCUT2D eigenvalue weighted by Crippen LogP contribution is 2.42. The van der Waals surface area contributed by atoms with Gasteiger partial charge in [-0.05, 0) is 6.07 Å². The van der Waals surface area contributed by atoms with Gasteiger partial charge in [-0.3, -0.25) is 14.3 Å². The molecule has 2 aromatic rings. The summed E-state index contributed by atoms with van der Waals surface area (Å²) in [7, 11) is 4.07. The lowest BCUT2D eigenvalue weighted by Gasteiger charge is -2.20. The lowest BCUT2D eigenvalue weighted by Crippen LogP contribution is -2.38. The first-order chi connectivity index (χ1) is 16.7. The summed E-state index contributed by atoms with van der Waals surface area (Å²) < 4.78 is 40.8. The second-order valence-electron chi connectivity index (χ2n) is 7.43. The summed E-state index contributed by atoms with van der Waals surface area (Å²) in [5.41, 5.74) is -2.07. The number of hydrogen-bond acceptors (Lipinski definition) is 11. The molecule has 4 atom stereocenters. The van der Waals surface area contributed by atoms with E-state index in [1.54, 1.807) is 4.98 Å². The molecule has 0 radical (unpaired) electrons. The minimum atomic E-state index is -1.70. The van der Waals surface area contributed by atoms with Crippen LogP contribution in [0.3, 0.4) is 0 Å². The number of nitrogens with one attached hydrogen (secondary N) is 1. The summed E-state index contributed by atoms with van der Waals surface area (Å²) in [6.07, 6.45) is -5.63. The SMILES string of the molecule is COc1cc(C(=O)OC[C@H]2O[C@@H](n3cc(F)c(=O)[nH]c3=O)[C@H](O)[C@@H]2O)c(CCO)c(OC)c1OC. The molecule has 0 saturated carbocycles. The van der Waals surface area contributed by atoms with Gasteiger partial charge in [0.2, 0.25) is 11.6 Å². The van der Waals surface area contributed by atoms with Gasteiger partial charge in [-0.2, -0.15) is 4.39 Å². The Balaban J connectivity index is 1.84. The highest BCUT2D eigenvalue weighted by atomic mass is 19.1. The molecule has 0 unspecified atom stereocenters. The number of carbonyl (C=O) groups excluding carboxylic acids is 1. The van der Waals surface area contributed by atoms with Crippen LogP contribution in [0.5, 0.6) is 17.2 Å². The van der Waals surface area contributed by atoms with Crippen molar-refractivity contribution in [3.05, 3.63) is 50.0 Å². The van der Waals surface area contributed by atoms with Crippen molar-refractivity contribution < 1.29 is 48.2 Å². The lowest BCUT2D eigenvalue weighted by molar-refractivity contribution is -0.0602. The van der Waals surface area contributed by atoms with Crippen molar-refractivity contribution >= 4 is 5.97 Å². The second-order valence-corrected chi connectivity index (χ2v) is 7.43. The number of esters is 1. The van der Waals surface area contributed by atoms with E-state index in [1.165, 1.54) is 27.4 Å². The van der Waals surface area contributed by atoms with Crippen LogP contribution in [0.1, 0.15) is 22.1 Å². The average Bonchev–Trinajstić information content (AvgIpc) is 3.12. The summed E-state index contributed by atoms with van der Waals surface area (Å²) in [5, 5.41) is 30.1. The van der Waals surface area contributed by atoms with E-state index in [1.807, 2.05) is 0 Å². The van der Waals surface area contributed by atoms with Crippen LogP contribution in [0.4, 0.5) is 4.39 Å². The largest absolute Gasteiger partial charge is 0.493 e. The van der Waals surface area contributed by atoms with Gasteiger partial charge < -0.3 is 39.0 Å². The predicted molar refractivity (Wildman–Crippen MR) is 114 cm³/mol. The van der Waals surface area contributed by atoms with E-state index in [0.717, 1.165) is 0 Å². The van der Waals surface area contributed by atoms with Crippen molar-refractivity contribution in [1.29, 1.82) is 0 Å². The number of nitrogens with zero attached hydrogens (tertiary/aromatic N) is 1. The number of ether oxygens (including phenoxy) is 5. The Labute approximate surface area is 197 Å². The zero-order chi connectivity index (χ0) is 25.9. The van der Waals surface area contributed by atoms with Crippen LogP contribution in [-0.2, 0) is 15.9 Å². The Morgan fingerprint density at radius 2 is 1.83 bits per heavy atom. The number of halogens is 1. The van der Waals surface area contributed by atoms with Gasteiger partial charge in [0.05, 0.1) is 33.1 Å². The zero-order valence-corrected chi connectivity index (χ0v) is 19.0. The molecule has 13 nitrogen and oxygen atoms in total. The highest BCUT2D eigenvalue weighted by molar-refractivity contribution is 5.93. The molecule has 0 amide bonds. The number of carbonyl (C=O) groups is 1. The fraction of sp³-hybridized carbons (Fsp3) is 0.476. The first-order valence-corrected chi connectivity index (χ1v) is 10.3. The zero-order valence-electron chi connectivity index (χ0n) is 19.0. The maximum atomic E-state index is 13.6. The van der Waals surface area contributed by atoms with Crippen LogP contribution in [-0.4, -0.2) is 83.7 Å². The maximum Gasteiger partial charge on any atom is 0.338 e. The smallest absolute Gasteiger partial charge is 0.338 e. The standard InChI is InChI=1S/C21H25FN2O11/c1-31-12-6-10(9(4-5-25)16(32-2)17(12)33-3)20(29)34-8-13-14(26)15(27)19(35-13)24-7-11(22)18(28)23-21(24)30/h6-7,13-15,19,25-27H,4-5,8H2,1-3H3,(H,23,28,30)/t13-,14-,15-,19-/m1/s1. The third kappa shape index (κ3) is 5.00. The van der Waals surface area contributed by atoms with Gasteiger partial charge in [0.15, 0.2) is 17.7 Å². The van der Waals surface area contributed by atoms with E-state index in [4.69, 9.17) is 23.7 Å². The predicted octanol–water partition coefficient (Wildman–Crippen LogP) is -1.29. The number of aliphatic hydroxyl groups is 3. The Hall–Kier alpha value is -3.46. The van der Waals surface area contributed by atoms with E-state index in [-0.39, 0.29) is 41.4 Å². The number of methoxy groups -OCH3 is 3. The van der Waals surface area contributed by atoms with Crippen LogP contribution in [0.15, 0.2) is 21.9 Å². The van der Waals surface area contributed by atoms with Gasteiger partial charge in [-0.1, -0.05) is 0 Å². The van der Waals surface area contributed by atoms with Crippen LogP contribution in [0, 0.1) is 5.82 Å². The van der Waals surface area contributed by atoms with E-state index in [0.29, 0.717) is 10.8 Å². The first kappa shape index (κ1) is 26.2. The molecule has 35 heavy (non-hydrogen) atoms. The first-order valence-electron chi connectivity index (χ1n) is 10.3. The van der Waals surface area contributed by atoms with Crippen molar-refractivity contribution in [3.63, 3.8) is 0 Å². The Morgan fingerprint density at radius 1 is 1.14 bits per heavy atom. The number of hydrogen-bond donors (Lipinski definition) is 4. The van der Waals surface area contributed by atoms with Crippen LogP contribution < -0.4 is 25.5 Å². The number of aliphatic hydroxyl groups excluding tert-OH is 3. The lowest BCUT2D eigenvalue weighted by atomic mass is 10.0. The Bertz CT molecular complexity index is 1200. The number of aromatic nitrogens is 2. The van der Waals surface area contributed by atoms with Crippen LogP contribution >= 0.6 is 0 Å². The van der Waals surface area contributed by atoms with E-state index >= 15 is 0 Å². The Morgan fingerprint density at radius 3 is 2.43 bits per heavy atom. The van der Waals surface area contributed by atoms with Gasteiger partial charge in [0, 0.05) is 18.6 Å². The minimum Gasteiger partial charge on any atom is -0.493 e. The van der Waals surface area contributed by atoms with Crippen molar-refractivity contribution in [3.8, 4) is 17.2 Å². The van der Waals surface area contributed by atoms with Crippen LogP contribution in [0.25, 0.3) is 0 Å². The number of rotatable bonds is 9. The molecule has 1 aromatic carbocycles. The summed E-state index contributed by atoms with van der Waals surface area (Å²) >= 11 is 0. The second kappa shape index (κ2) is 10.9. The third-order valence-corrected chi connectivity index (χ3v) is 5.43. The molecule has 1 aliphatic rings. The van der Waals surface area contributed by atoms with Gasteiger partial charge in [0.1, 0.15) is 24.9 Å². The molecule has 4 N–H and O–H groups in total. The molecule has 3 rings (SSSR count). The fourth-order valence-corrected chi connectivity index (χ4v) is 3.74. The van der Waals surface area contributed by atoms with E-state index < -0.39 is 54.2 Å². The monoisotopic (exact) mass is 500 g/mol. The summed E-state index contributed by atoms with van der Waals surface area (Å²) in [6, 6.07) is 1.33. The van der Waals surface area contributed by atoms with E-state index in [2.05, 4.69) is 0 Å². The molecule has 1 aromatic heterocycles. The van der Waals surface area contributed by atoms with Gasteiger partial charge >= 0.3 is 11.7 Å².